The van der Waals surface area contributed by atoms with Crippen LogP contribution in [-0.4, -0.2) is 13.2 Å². The minimum Gasteiger partial charge on any atom is -0.398 e. The van der Waals surface area contributed by atoms with Crippen molar-refractivity contribution in [3.8, 4) is 0 Å². The number of nitrogens with two attached hydrogens (primary N) is 2. The largest absolute Gasteiger partial charge is 0.398 e. The second-order valence-corrected chi connectivity index (χ2v) is 3.08. The van der Waals surface area contributed by atoms with Crippen LogP contribution in [0.15, 0.2) is 18.2 Å². The lowest BCUT2D eigenvalue weighted by atomic mass is 9.94. The SMILES string of the molecule is Nc1cccc(N)c1C1COC1. The molecule has 1 heterocycles. The van der Waals surface area contributed by atoms with Crippen molar-refractivity contribution >= 4 is 11.4 Å². The highest BCUT2D eigenvalue weighted by atomic mass is 16.5. The zero-order valence-electron chi connectivity index (χ0n) is 6.79. The molecule has 3 nitrogen and oxygen atoms in total. The highest BCUT2D eigenvalue weighted by Gasteiger charge is 2.24. The molecule has 4 N–H and O–H groups in total. The van der Waals surface area contributed by atoms with E-state index >= 15 is 0 Å². The molecule has 0 unspecified atom stereocenters. The van der Waals surface area contributed by atoms with E-state index in [0.717, 1.165) is 30.2 Å². The highest BCUT2D eigenvalue weighted by Crippen LogP contribution is 2.32. The summed E-state index contributed by atoms with van der Waals surface area (Å²) in [6, 6.07) is 5.63. The van der Waals surface area contributed by atoms with Crippen molar-refractivity contribution in [3.63, 3.8) is 0 Å². The van der Waals surface area contributed by atoms with Gasteiger partial charge in [0.15, 0.2) is 0 Å². The minimum atomic E-state index is 0.409. The molecule has 0 spiro atoms. The maximum absolute atomic E-state index is 5.80. The third-order valence-electron chi connectivity index (χ3n) is 2.22. The lowest BCUT2D eigenvalue weighted by molar-refractivity contribution is 0.00899. The summed E-state index contributed by atoms with van der Waals surface area (Å²) >= 11 is 0. The van der Waals surface area contributed by atoms with E-state index in [1.165, 1.54) is 0 Å². The summed E-state index contributed by atoms with van der Waals surface area (Å²) in [6.45, 7) is 1.50. The first kappa shape index (κ1) is 7.43. The Kier molecular flexibility index (Phi) is 1.66. The van der Waals surface area contributed by atoms with E-state index in [2.05, 4.69) is 0 Å². The molecule has 1 aliphatic rings. The van der Waals surface area contributed by atoms with Crippen LogP contribution in [0.2, 0.25) is 0 Å². The zero-order valence-corrected chi connectivity index (χ0v) is 6.79. The van der Waals surface area contributed by atoms with Crippen molar-refractivity contribution < 1.29 is 4.74 Å². The first-order chi connectivity index (χ1) is 5.79. The minimum absolute atomic E-state index is 0.409. The van der Waals surface area contributed by atoms with Gasteiger partial charge in [0.2, 0.25) is 0 Å². The van der Waals surface area contributed by atoms with E-state index in [-0.39, 0.29) is 0 Å². The van der Waals surface area contributed by atoms with E-state index in [1.807, 2.05) is 18.2 Å². The molecule has 0 aliphatic carbocycles. The van der Waals surface area contributed by atoms with E-state index < -0.39 is 0 Å². The van der Waals surface area contributed by atoms with Crippen molar-refractivity contribution in [1.82, 2.24) is 0 Å². The van der Waals surface area contributed by atoms with Gasteiger partial charge in [0, 0.05) is 22.9 Å². The zero-order chi connectivity index (χ0) is 8.55. The second kappa shape index (κ2) is 2.68. The third-order valence-corrected chi connectivity index (χ3v) is 2.22. The second-order valence-electron chi connectivity index (χ2n) is 3.08. The van der Waals surface area contributed by atoms with Crippen molar-refractivity contribution in [2.24, 2.45) is 0 Å². The van der Waals surface area contributed by atoms with Gasteiger partial charge in [0.05, 0.1) is 13.2 Å². The summed E-state index contributed by atoms with van der Waals surface area (Å²) in [6.07, 6.45) is 0. The van der Waals surface area contributed by atoms with Gasteiger partial charge in [-0.2, -0.15) is 0 Å². The molecular formula is C9H12N2O. The molecule has 0 radical (unpaired) electrons. The molecule has 0 atom stereocenters. The van der Waals surface area contributed by atoms with E-state index in [0.29, 0.717) is 5.92 Å². The Balaban J connectivity index is 2.39. The summed E-state index contributed by atoms with van der Waals surface area (Å²) in [7, 11) is 0. The van der Waals surface area contributed by atoms with E-state index in [4.69, 9.17) is 16.2 Å². The van der Waals surface area contributed by atoms with E-state index in [1.54, 1.807) is 0 Å². The van der Waals surface area contributed by atoms with Crippen LogP contribution < -0.4 is 11.5 Å². The highest BCUT2D eigenvalue weighted by molar-refractivity contribution is 5.63. The van der Waals surface area contributed by atoms with Crippen LogP contribution in [0.1, 0.15) is 11.5 Å². The summed E-state index contributed by atoms with van der Waals surface area (Å²) < 4.78 is 5.09. The summed E-state index contributed by atoms with van der Waals surface area (Å²) in [5.41, 5.74) is 14.2. The first-order valence-electron chi connectivity index (χ1n) is 4.00. The third kappa shape index (κ3) is 1.02. The first-order valence-corrected chi connectivity index (χ1v) is 4.00. The number of anilines is 2. The van der Waals surface area contributed by atoms with Crippen LogP contribution >= 0.6 is 0 Å². The molecule has 1 aromatic carbocycles. The molecular weight excluding hydrogens is 152 g/mol. The number of ether oxygens (including phenoxy) is 1. The van der Waals surface area contributed by atoms with Crippen molar-refractivity contribution in [1.29, 1.82) is 0 Å². The molecule has 0 aromatic heterocycles. The Morgan fingerprint density at radius 1 is 1.17 bits per heavy atom. The van der Waals surface area contributed by atoms with E-state index in [9.17, 15) is 0 Å². The van der Waals surface area contributed by atoms with Gasteiger partial charge in [0.25, 0.3) is 0 Å². The smallest absolute Gasteiger partial charge is 0.0558 e. The standard InChI is InChI=1S/C9H12N2O/c10-7-2-1-3-8(11)9(7)6-4-12-5-6/h1-3,6H,4-5,10-11H2. The predicted molar refractivity (Wildman–Crippen MR) is 48.8 cm³/mol. The van der Waals surface area contributed by atoms with Crippen LogP contribution in [0, 0.1) is 0 Å². The lowest BCUT2D eigenvalue weighted by Crippen LogP contribution is -2.26. The Morgan fingerprint density at radius 2 is 1.75 bits per heavy atom. The monoisotopic (exact) mass is 164 g/mol. The number of rotatable bonds is 1. The van der Waals surface area contributed by atoms with Gasteiger partial charge in [-0.05, 0) is 12.1 Å². The molecule has 64 valence electrons. The molecule has 0 saturated carbocycles. The van der Waals surface area contributed by atoms with Gasteiger partial charge in [0.1, 0.15) is 0 Å². The molecule has 1 aliphatic heterocycles. The van der Waals surface area contributed by atoms with Gasteiger partial charge in [-0.15, -0.1) is 0 Å². The number of nitrogen functional groups attached to an aromatic ring is 2. The molecule has 3 heteroatoms. The fraction of sp³-hybridized carbons (Fsp3) is 0.333. The Hall–Kier alpha value is -1.22. The Labute approximate surface area is 71.3 Å². The molecule has 1 saturated heterocycles. The van der Waals surface area contributed by atoms with Crippen LogP contribution in [-0.2, 0) is 4.74 Å². The summed E-state index contributed by atoms with van der Waals surface area (Å²) in [5, 5.41) is 0. The normalized spacial score (nSPS) is 17.3. The topological polar surface area (TPSA) is 61.3 Å². The summed E-state index contributed by atoms with van der Waals surface area (Å²) in [4.78, 5) is 0. The maximum atomic E-state index is 5.80. The molecule has 2 rings (SSSR count). The number of hydrogen-bond acceptors (Lipinski definition) is 3. The van der Waals surface area contributed by atoms with Gasteiger partial charge >= 0.3 is 0 Å². The fourth-order valence-electron chi connectivity index (χ4n) is 1.48. The summed E-state index contributed by atoms with van der Waals surface area (Å²) in [5.74, 6) is 0.409. The molecule has 0 bridgehead atoms. The van der Waals surface area contributed by atoms with Gasteiger partial charge < -0.3 is 16.2 Å². The number of benzene rings is 1. The van der Waals surface area contributed by atoms with Crippen LogP contribution in [0.5, 0.6) is 0 Å². The molecule has 1 fully saturated rings. The van der Waals surface area contributed by atoms with Crippen molar-refractivity contribution in [2.75, 3.05) is 24.7 Å². The maximum Gasteiger partial charge on any atom is 0.0558 e. The van der Waals surface area contributed by atoms with Gasteiger partial charge in [-0.3, -0.25) is 0 Å². The molecule has 12 heavy (non-hydrogen) atoms. The quantitative estimate of drug-likeness (QED) is 0.608. The van der Waals surface area contributed by atoms with Gasteiger partial charge in [-0.25, -0.2) is 0 Å². The average Bonchev–Trinajstić information content (AvgIpc) is 1.93. The Bertz CT molecular complexity index is 274. The predicted octanol–water partition coefficient (Wildman–Crippen LogP) is 0.965. The van der Waals surface area contributed by atoms with Gasteiger partial charge in [-0.1, -0.05) is 6.07 Å². The fourth-order valence-corrected chi connectivity index (χ4v) is 1.48. The molecule has 1 aromatic rings. The van der Waals surface area contributed by atoms with Crippen LogP contribution in [0.4, 0.5) is 11.4 Å². The average molecular weight is 164 g/mol. The van der Waals surface area contributed by atoms with Crippen LogP contribution in [0.3, 0.4) is 0 Å². The van der Waals surface area contributed by atoms with Crippen molar-refractivity contribution in [3.05, 3.63) is 23.8 Å². The number of hydrogen-bond donors (Lipinski definition) is 2. The van der Waals surface area contributed by atoms with Crippen molar-refractivity contribution in [2.45, 2.75) is 5.92 Å². The molecule has 0 amide bonds. The Morgan fingerprint density at radius 3 is 2.17 bits per heavy atom. The lowest BCUT2D eigenvalue weighted by Gasteiger charge is -2.28. The van der Waals surface area contributed by atoms with Crippen LogP contribution in [0.25, 0.3) is 0 Å².